The van der Waals surface area contributed by atoms with Crippen molar-refractivity contribution in [3.63, 3.8) is 0 Å². The van der Waals surface area contributed by atoms with Gasteiger partial charge in [0.25, 0.3) is 0 Å². The first-order valence-electron chi connectivity index (χ1n) is 8.14. The molecule has 0 bridgehead atoms. The molecular weight excluding hydrogens is 382 g/mol. The molecule has 1 N–H and O–H groups in total. The molecule has 0 atom stereocenters. The van der Waals surface area contributed by atoms with E-state index >= 15 is 0 Å². The normalized spacial score (nSPS) is 15.8. The summed E-state index contributed by atoms with van der Waals surface area (Å²) in [5.74, 6) is -1.86. The molecule has 1 aliphatic heterocycles. The van der Waals surface area contributed by atoms with E-state index in [2.05, 4.69) is 10.5 Å². The Morgan fingerprint density at radius 3 is 2.37 bits per heavy atom. The van der Waals surface area contributed by atoms with Crippen molar-refractivity contribution in [3.8, 4) is 0 Å². The number of carbonyl (C=O) groups excluding carboxylic acids is 1. The van der Waals surface area contributed by atoms with Crippen molar-refractivity contribution in [2.24, 2.45) is 0 Å². The number of urea groups is 1. The quantitative estimate of drug-likeness (QED) is 0.851. The van der Waals surface area contributed by atoms with Gasteiger partial charge in [-0.3, -0.25) is 0 Å². The molecule has 0 spiro atoms. The standard InChI is InChI=1S/C16H18F2N4O4S/c1-10-15(11(2)26-20-10)27(24,25)22-7-5-21(6-8-22)16(23)19-12-3-4-13(17)14(18)9-12/h3-4,9H,5-8H2,1-2H3,(H,19,23). The molecule has 0 radical (unpaired) electrons. The first-order chi connectivity index (χ1) is 12.7. The van der Waals surface area contributed by atoms with Crippen LogP contribution in [0.15, 0.2) is 27.6 Å². The van der Waals surface area contributed by atoms with Crippen molar-refractivity contribution < 1.29 is 26.5 Å². The first kappa shape index (κ1) is 19.2. The van der Waals surface area contributed by atoms with Gasteiger partial charge in [-0.2, -0.15) is 4.31 Å². The smallest absolute Gasteiger partial charge is 0.321 e. The lowest BCUT2D eigenvalue weighted by Gasteiger charge is -2.33. The molecule has 2 amide bonds. The third-order valence-corrected chi connectivity index (χ3v) is 6.41. The minimum absolute atomic E-state index is 0.0437. The molecule has 1 fully saturated rings. The monoisotopic (exact) mass is 400 g/mol. The number of aromatic nitrogens is 1. The van der Waals surface area contributed by atoms with E-state index in [0.717, 1.165) is 12.1 Å². The summed E-state index contributed by atoms with van der Waals surface area (Å²) in [6.45, 7) is 3.57. The highest BCUT2D eigenvalue weighted by Crippen LogP contribution is 2.24. The fraction of sp³-hybridized carbons (Fsp3) is 0.375. The molecule has 0 saturated carbocycles. The Morgan fingerprint density at radius 1 is 1.15 bits per heavy atom. The average Bonchev–Trinajstić information content (AvgIpc) is 2.97. The summed E-state index contributed by atoms with van der Waals surface area (Å²) < 4.78 is 57.9. The van der Waals surface area contributed by atoms with Gasteiger partial charge in [-0.25, -0.2) is 22.0 Å². The Hall–Kier alpha value is -2.53. The molecular formula is C16H18F2N4O4S. The molecule has 2 aromatic rings. The van der Waals surface area contributed by atoms with E-state index in [1.807, 2.05) is 0 Å². The summed E-state index contributed by atoms with van der Waals surface area (Å²) in [5, 5.41) is 6.13. The molecule has 1 aromatic carbocycles. The third-order valence-electron chi connectivity index (χ3n) is 4.26. The molecule has 0 unspecified atom stereocenters. The predicted molar refractivity (Wildman–Crippen MR) is 91.7 cm³/mol. The second kappa shape index (κ2) is 7.24. The van der Waals surface area contributed by atoms with Crippen molar-refractivity contribution in [2.45, 2.75) is 18.7 Å². The molecule has 27 heavy (non-hydrogen) atoms. The topological polar surface area (TPSA) is 95.8 Å². The number of hydrogen-bond donors (Lipinski definition) is 1. The lowest BCUT2D eigenvalue weighted by molar-refractivity contribution is 0.184. The van der Waals surface area contributed by atoms with Crippen LogP contribution in [0.5, 0.6) is 0 Å². The van der Waals surface area contributed by atoms with Gasteiger partial charge in [0.15, 0.2) is 17.4 Å². The van der Waals surface area contributed by atoms with Crippen molar-refractivity contribution >= 4 is 21.7 Å². The van der Waals surface area contributed by atoms with Crippen LogP contribution in [0.1, 0.15) is 11.5 Å². The number of anilines is 1. The zero-order valence-corrected chi connectivity index (χ0v) is 15.5. The lowest BCUT2D eigenvalue weighted by atomic mass is 10.3. The Balaban J connectivity index is 1.64. The Morgan fingerprint density at radius 2 is 1.81 bits per heavy atom. The highest BCUT2D eigenvalue weighted by Gasteiger charge is 2.34. The zero-order chi connectivity index (χ0) is 19.8. The predicted octanol–water partition coefficient (Wildman–Crippen LogP) is 2.11. The van der Waals surface area contributed by atoms with Crippen molar-refractivity contribution in [1.29, 1.82) is 0 Å². The van der Waals surface area contributed by atoms with Crippen molar-refractivity contribution in [2.75, 3.05) is 31.5 Å². The number of piperazine rings is 1. The van der Waals surface area contributed by atoms with E-state index in [4.69, 9.17) is 4.52 Å². The fourth-order valence-electron chi connectivity index (χ4n) is 2.88. The highest BCUT2D eigenvalue weighted by molar-refractivity contribution is 7.89. The van der Waals surface area contributed by atoms with Crippen LogP contribution >= 0.6 is 0 Å². The highest BCUT2D eigenvalue weighted by atomic mass is 32.2. The second-order valence-electron chi connectivity index (χ2n) is 6.10. The molecule has 11 heteroatoms. The molecule has 0 aliphatic carbocycles. The van der Waals surface area contributed by atoms with Gasteiger partial charge in [-0.1, -0.05) is 5.16 Å². The van der Waals surface area contributed by atoms with Crippen molar-refractivity contribution in [3.05, 3.63) is 41.3 Å². The minimum Gasteiger partial charge on any atom is -0.360 e. The van der Waals surface area contributed by atoms with Crippen LogP contribution in [0.3, 0.4) is 0 Å². The Labute approximate surface area is 154 Å². The molecule has 3 rings (SSSR count). The van der Waals surface area contributed by atoms with Crippen LogP contribution in [-0.2, 0) is 10.0 Å². The maximum Gasteiger partial charge on any atom is 0.321 e. The van der Waals surface area contributed by atoms with Gasteiger partial charge < -0.3 is 14.7 Å². The van der Waals surface area contributed by atoms with Gasteiger partial charge in [0.1, 0.15) is 10.6 Å². The van der Waals surface area contributed by atoms with E-state index in [-0.39, 0.29) is 48.2 Å². The minimum atomic E-state index is -3.77. The van der Waals surface area contributed by atoms with Crippen LogP contribution in [0.2, 0.25) is 0 Å². The number of rotatable bonds is 3. The summed E-state index contributed by atoms with van der Waals surface area (Å²) in [4.78, 5) is 13.7. The van der Waals surface area contributed by atoms with Gasteiger partial charge in [-0.05, 0) is 26.0 Å². The molecule has 1 saturated heterocycles. The van der Waals surface area contributed by atoms with Crippen molar-refractivity contribution in [1.82, 2.24) is 14.4 Å². The zero-order valence-electron chi connectivity index (χ0n) is 14.7. The maximum absolute atomic E-state index is 13.2. The Bertz CT molecular complexity index is 949. The maximum atomic E-state index is 13.2. The first-order valence-corrected chi connectivity index (χ1v) is 9.58. The average molecular weight is 400 g/mol. The van der Waals surface area contributed by atoms with Crippen LogP contribution in [0, 0.1) is 25.5 Å². The number of amides is 2. The van der Waals surface area contributed by atoms with Gasteiger partial charge >= 0.3 is 6.03 Å². The van der Waals surface area contributed by atoms with E-state index in [1.54, 1.807) is 6.92 Å². The summed E-state index contributed by atoms with van der Waals surface area (Å²) >= 11 is 0. The molecule has 1 aromatic heterocycles. The van der Waals surface area contributed by atoms with Crippen LogP contribution in [0.4, 0.5) is 19.3 Å². The van der Waals surface area contributed by atoms with E-state index in [0.29, 0.717) is 0 Å². The number of carbonyl (C=O) groups is 1. The third kappa shape index (κ3) is 3.78. The molecule has 8 nitrogen and oxygen atoms in total. The SMILES string of the molecule is Cc1noc(C)c1S(=O)(=O)N1CCN(C(=O)Nc2ccc(F)c(F)c2)CC1. The van der Waals surface area contributed by atoms with Crippen LogP contribution in [-0.4, -0.2) is 55.0 Å². The Kier molecular flexibility index (Phi) is 5.16. The summed E-state index contributed by atoms with van der Waals surface area (Å²) in [6, 6.07) is 2.52. The molecule has 1 aliphatic rings. The number of sulfonamides is 1. The number of nitrogens with one attached hydrogen (secondary N) is 1. The second-order valence-corrected chi connectivity index (χ2v) is 7.98. The number of halogens is 2. The van der Waals surface area contributed by atoms with Gasteiger partial charge in [0, 0.05) is 37.9 Å². The molecule has 146 valence electrons. The largest absolute Gasteiger partial charge is 0.360 e. The fourth-order valence-corrected chi connectivity index (χ4v) is 4.59. The number of aryl methyl sites for hydroxylation is 2. The number of nitrogens with zero attached hydrogens (tertiary/aromatic N) is 3. The summed E-state index contributed by atoms with van der Waals surface area (Å²) in [7, 11) is -3.77. The lowest BCUT2D eigenvalue weighted by Crippen LogP contribution is -2.51. The van der Waals surface area contributed by atoms with E-state index < -0.39 is 27.7 Å². The van der Waals surface area contributed by atoms with E-state index in [1.165, 1.54) is 22.2 Å². The van der Waals surface area contributed by atoms with E-state index in [9.17, 15) is 22.0 Å². The summed E-state index contributed by atoms with van der Waals surface area (Å²) in [6.07, 6.45) is 0. The van der Waals surface area contributed by atoms with Gasteiger partial charge in [-0.15, -0.1) is 0 Å². The number of hydrogen-bond acceptors (Lipinski definition) is 5. The van der Waals surface area contributed by atoms with Gasteiger partial charge in [0.2, 0.25) is 10.0 Å². The van der Waals surface area contributed by atoms with Crippen LogP contribution < -0.4 is 5.32 Å². The van der Waals surface area contributed by atoms with Gasteiger partial charge in [0.05, 0.1) is 0 Å². The number of benzene rings is 1. The molecule has 2 heterocycles. The summed E-state index contributed by atoms with van der Waals surface area (Å²) in [5.41, 5.74) is 0.399. The van der Waals surface area contributed by atoms with Crippen LogP contribution in [0.25, 0.3) is 0 Å².